The fourth-order valence-corrected chi connectivity index (χ4v) is 0.987. The minimum Gasteiger partial charge on any atom is -0.256 e. The van der Waals surface area contributed by atoms with Gasteiger partial charge in [-0.15, -0.1) is 0 Å². The van der Waals surface area contributed by atoms with Crippen molar-refractivity contribution in [1.82, 2.24) is 4.72 Å². The molecule has 41 valence electrons. The first-order chi connectivity index (χ1) is 3.21. The van der Waals surface area contributed by atoms with Crippen LogP contribution in [0.5, 0.6) is 0 Å². The van der Waals surface area contributed by atoms with Crippen molar-refractivity contribution < 1.29 is 12.6 Å². The molecular weight excluding hydrogens is 118 g/mol. The van der Waals surface area contributed by atoms with Crippen molar-refractivity contribution in [3.05, 3.63) is 0 Å². The summed E-state index contributed by atoms with van der Waals surface area (Å²) in [5.41, 5.74) is 0. The molecule has 0 aliphatic carbocycles. The van der Waals surface area contributed by atoms with Crippen LogP contribution in [0.1, 0.15) is 0 Å². The Kier molecular flexibility index (Phi) is 1.02. The highest BCUT2D eigenvalue weighted by atomic mass is 32.2. The van der Waals surface area contributed by atoms with Gasteiger partial charge in [0.15, 0.2) is 0 Å². The third-order valence-corrected chi connectivity index (χ3v) is 1.54. The van der Waals surface area contributed by atoms with Crippen molar-refractivity contribution in [2.24, 2.45) is 0 Å². The lowest BCUT2D eigenvalue weighted by Crippen LogP contribution is -2.05. The summed E-state index contributed by atoms with van der Waals surface area (Å²) >= 11 is 0. The quantitative estimate of drug-likeness (QED) is 0.408. The Hall–Kier alpha value is -0.130. The molecule has 0 saturated carbocycles. The van der Waals surface area contributed by atoms with Gasteiger partial charge in [-0.3, -0.25) is 4.18 Å². The Balaban J connectivity index is 2.76. The van der Waals surface area contributed by atoms with Crippen LogP contribution in [0.15, 0.2) is 0 Å². The molecule has 0 aromatic carbocycles. The van der Waals surface area contributed by atoms with Crippen LogP contribution in [-0.2, 0) is 14.5 Å². The summed E-state index contributed by atoms with van der Waals surface area (Å²) in [6.07, 6.45) is 0. The van der Waals surface area contributed by atoms with Gasteiger partial charge in [0, 0.05) is 0 Å². The van der Waals surface area contributed by atoms with E-state index in [4.69, 9.17) is 0 Å². The molecule has 1 aliphatic heterocycles. The Morgan fingerprint density at radius 2 is 2.29 bits per heavy atom. The van der Waals surface area contributed by atoms with E-state index in [1.165, 1.54) is 0 Å². The van der Waals surface area contributed by atoms with Gasteiger partial charge >= 0.3 is 10.3 Å². The molecule has 4 nitrogen and oxygen atoms in total. The molecule has 0 N–H and O–H groups in total. The average Bonchev–Trinajstić information content (AvgIpc) is 1.84. The number of rotatable bonds is 0. The van der Waals surface area contributed by atoms with Gasteiger partial charge in [0.05, 0.1) is 13.2 Å². The first-order valence-corrected chi connectivity index (χ1v) is 3.15. The van der Waals surface area contributed by atoms with Crippen molar-refractivity contribution in [2.75, 3.05) is 13.2 Å². The molecular formula is C2H4NO3S. The molecule has 0 unspecified atom stereocenters. The maximum absolute atomic E-state index is 10.0. The lowest BCUT2D eigenvalue weighted by Gasteiger charge is -1.82. The molecule has 5 heteroatoms. The minimum absolute atomic E-state index is 0.211. The van der Waals surface area contributed by atoms with Gasteiger partial charge in [-0.25, -0.2) is 0 Å². The second kappa shape index (κ2) is 1.43. The zero-order chi connectivity index (χ0) is 5.33. The van der Waals surface area contributed by atoms with Crippen molar-refractivity contribution in [2.45, 2.75) is 0 Å². The summed E-state index contributed by atoms with van der Waals surface area (Å²) in [6, 6.07) is 0. The Bertz CT molecular complexity index is 136. The highest BCUT2D eigenvalue weighted by molar-refractivity contribution is 7.84. The van der Waals surface area contributed by atoms with Gasteiger partial charge in [-0.2, -0.15) is 8.42 Å². The van der Waals surface area contributed by atoms with Crippen LogP contribution in [0.3, 0.4) is 0 Å². The zero-order valence-corrected chi connectivity index (χ0v) is 4.31. The monoisotopic (exact) mass is 122 g/mol. The maximum atomic E-state index is 10.0. The van der Waals surface area contributed by atoms with E-state index in [1.807, 2.05) is 0 Å². The van der Waals surface area contributed by atoms with Crippen molar-refractivity contribution >= 4 is 10.3 Å². The molecule has 1 saturated heterocycles. The zero-order valence-electron chi connectivity index (χ0n) is 3.49. The molecule has 1 heterocycles. The van der Waals surface area contributed by atoms with Crippen molar-refractivity contribution in [3.63, 3.8) is 0 Å². The summed E-state index contributed by atoms with van der Waals surface area (Å²) in [7, 11) is -3.42. The summed E-state index contributed by atoms with van der Waals surface area (Å²) in [5, 5.41) is 0. The van der Waals surface area contributed by atoms with Crippen LogP contribution in [0.4, 0.5) is 0 Å². The SMILES string of the molecule is O=S1(=O)[N]CCO1. The van der Waals surface area contributed by atoms with E-state index in [-0.39, 0.29) is 13.2 Å². The summed E-state index contributed by atoms with van der Waals surface area (Å²) in [6.45, 7) is 0.491. The van der Waals surface area contributed by atoms with Crippen LogP contribution >= 0.6 is 0 Å². The highest BCUT2D eigenvalue weighted by Crippen LogP contribution is 1.95. The van der Waals surface area contributed by atoms with E-state index in [2.05, 4.69) is 8.91 Å². The molecule has 1 fully saturated rings. The molecule has 0 aromatic heterocycles. The first-order valence-electron chi connectivity index (χ1n) is 1.79. The van der Waals surface area contributed by atoms with E-state index < -0.39 is 10.3 Å². The van der Waals surface area contributed by atoms with Crippen LogP contribution in [0.2, 0.25) is 0 Å². The standard InChI is InChI=1S/C2H4NO3S/c4-7(5)3-1-2-6-7/h1-2H2. The van der Waals surface area contributed by atoms with E-state index in [1.54, 1.807) is 0 Å². The fraction of sp³-hybridized carbons (Fsp3) is 1.00. The molecule has 0 spiro atoms. The van der Waals surface area contributed by atoms with Gasteiger partial charge < -0.3 is 0 Å². The van der Waals surface area contributed by atoms with Gasteiger partial charge in [0.1, 0.15) is 0 Å². The Morgan fingerprint density at radius 1 is 1.57 bits per heavy atom. The number of nitrogens with zero attached hydrogens (tertiary/aromatic N) is 1. The van der Waals surface area contributed by atoms with Crippen molar-refractivity contribution in [3.8, 4) is 0 Å². The first kappa shape index (κ1) is 5.02. The van der Waals surface area contributed by atoms with E-state index in [0.717, 1.165) is 0 Å². The second-order valence-corrected chi connectivity index (χ2v) is 2.45. The summed E-state index contributed by atoms with van der Waals surface area (Å²) in [4.78, 5) is 0. The van der Waals surface area contributed by atoms with Gasteiger partial charge in [-0.05, 0) is 0 Å². The Morgan fingerprint density at radius 3 is 2.43 bits per heavy atom. The lowest BCUT2D eigenvalue weighted by molar-refractivity contribution is 0.362. The van der Waals surface area contributed by atoms with Crippen molar-refractivity contribution in [1.29, 1.82) is 0 Å². The van der Waals surface area contributed by atoms with Gasteiger partial charge in [0.2, 0.25) is 0 Å². The summed E-state index contributed by atoms with van der Waals surface area (Å²) < 4.78 is 27.3. The summed E-state index contributed by atoms with van der Waals surface area (Å²) in [5.74, 6) is 0. The van der Waals surface area contributed by atoms with E-state index in [0.29, 0.717) is 0 Å². The second-order valence-electron chi connectivity index (χ2n) is 1.10. The van der Waals surface area contributed by atoms with Gasteiger partial charge in [0.25, 0.3) is 0 Å². The van der Waals surface area contributed by atoms with Crippen LogP contribution < -0.4 is 4.72 Å². The molecule has 0 bridgehead atoms. The topological polar surface area (TPSA) is 57.5 Å². The minimum atomic E-state index is -3.42. The van der Waals surface area contributed by atoms with E-state index in [9.17, 15) is 8.42 Å². The third-order valence-electron chi connectivity index (χ3n) is 0.573. The number of hydrogen-bond donors (Lipinski definition) is 0. The molecule has 1 aliphatic rings. The maximum Gasteiger partial charge on any atom is 0.352 e. The lowest BCUT2D eigenvalue weighted by atomic mass is 10.8. The molecule has 1 radical (unpaired) electrons. The normalized spacial score (nSPS) is 28.0. The molecule has 0 aromatic rings. The third kappa shape index (κ3) is 1.12. The molecule has 7 heavy (non-hydrogen) atoms. The van der Waals surface area contributed by atoms with Gasteiger partial charge in [-0.1, -0.05) is 4.72 Å². The fourth-order valence-electron chi connectivity index (χ4n) is 0.329. The molecule has 0 atom stereocenters. The van der Waals surface area contributed by atoms with E-state index >= 15 is 0 Å². The Labute approximate surface area is 41.7 Å². The predicted molar refractivity (Wildman–Crippen MR) is 21.9 cm³/mol. The van der Waals surface area contributed by atoms with Crippen LogP contribution in [0, 0.1) is 0 Å². The molecule has 0 amide bonds. The van der Waals surface area contributed by atoms with Crippen LogP contribution in [-0.4, -0.2) is 21.6 Å². The average molecular weight is 122 g/mol. The largest absolute Gasteiger partial charge is 0.352 e. The number of hydrogen-bond acceptors (Lipinski definition) is 3. The predicted octanol–water partition coefficient (Wildman–Crippen LogP) is -1.13. The van der Waals surface area contributed by atoms with Crippen LogP contribution in [0.25, 0.3) is 0 Å². The smallest absolute Gasteiger partial charge is 0.256 e. The molecule has 1 rings (SSSR count). The highest BCUT2D eigenvalue weighted by Gasteiger charge is 2.17.